The van der Waals surface area contributed by atoms with Crippen LogP contribution in [-0.4, -0.2) is 15.6 Å². The number of aryl methyl sites for hydroxylation is 2. The van der Waals surface area contributed by atoms with Gasteiger partial charge in [0, 0.05) is 12.2 Å². The largest absolute Gasteiger partial charge is 0.353 e. The quantitative estimate of drug-likeness (QED) is 0.882. The number of hydrogen-bond acceptors (Lipinski definition) is 2. The van der Waals surface area contributed by atoms with Gasteiger partial charge in [-0.2, -0.15) is 0 Å². The predicted molar refractivity (Wildman–Crippen MR) is 78.9 cm³/mol. The number of nitrogens with one attached hydrogen (secondary N) is 1. The Bertz CT molecular complexity index is 567. The van der Waals surface area contributed by atoms with E-state index in [0.717, 1.165) is 24.5 Å². The van der Waals surface area contributed by atoms with E-state index in [1.165, 1.54) is 24.1 Å². The topological polar surface area (TPSA) is 29.9 Å². The maximum atomic E-state index is 4.62. The zero-order valence-electron chi connectivity index (χ0n) is 11.7. The van der Waals surface area contributed by atoms with E-state index in [1.54, 1.807) is 0 Å². The van der Waals surface area contributed by atoms with Crippen LogP contribution < -0.4 is 5.32 Å². The molecule has 3 rings (SSSR count). The van der Waals surface area contributed by atoms with E-state index in [9.17, 15) is 0 Å². The molecule has 1 fully saturated rings. The molecule has 1 heterocycles. The van der Waals surface area contributed by atoms with Crippen molar-refractivity contribution in [3.8, 4) is 5.69 Å². The maximum Gasteiger partial charge on any atom is 0.207 e. The summed E-state index contributed by atoms with van der Waals surface area (Å²) in [6, 6.07) is 9.25. The summed E-state index contributed by atoms with van der Waals surface area (Å²) in [6.07, 6.45) is 6.93. The lowest BCUT2D eigenvalue weighted by atomic mass is 10.1. The highest BCUT2D eigenvalue weighted by Gasteiger charge is 2.23. The number of imidazole rings is 1. The molecule has 0 saturated heterocycles. The molecule has 3 nitrogen and oxygen atoms in total. The van der Waals surface area contributed by atoms with Gasteiger partial charge in [0.15, 0.2) is 0 Å². The first-order valence-corrected chi connectivity index (χ1v) is 7.18. The van der Waals surface area contributed by atoms with Crippen LogP contribution in [0.25, 0.3) is 5.69 Å². The molecule has 1 N–H and O–H groups in total. The van der Waals surface area contributed by atoms with E-state index in [1.807, 2.05) is 0 Å². The highest BCUT2D eigenvalue weighted by Crippen LogP contribution is 2.27. The van der Waals surface area contributed by atoms with Crippen LogP contribution in [-0.2, 0) is 6.42 Å². The van der Waals surface area contributed by atoms with Crippen molar-refractivity contribution in [2.75, 3.05) is 5.32 Å². The number of anilines is 1. The molecule has 3 heteroatoms. The summed E-state index contributed by atoms with van der Waals surface area (Å²) in [6.45, 7) is 4.27. The van der Waals surface area contributed by atoms with Gasteiger partial charge in [0.2, 0.25) is 5.95 Å². The zero-order valence-corrected chi connectivity index (χ0v) is 11.7. The van der Waals surface area contributed by atoms with Gasteiger partial charge in [0.25, 0.3) is 0 Å². The Kier molecular flexibility index (Phi) is 3.28. The highest BCUT2D eigenvalue weighted by atomic mass is 15.2. The lowest BCUT2D eigenvalue weighted by Crippen LogP contribution is -2.09. The summed E-state index contributed by atoms with van der Waals surface area (Å²) >= 11 is 0. The predicted octanol–water partition coefficient (Wildman–Crippen LogP) is 3.71. The molecule has 0 bridgehead atoms. The maximum absolute atomic E-state index is 4.62. The Morgan fingerprint density at radius 1 is 1.32 bits per heavy atom. The SMILES string of the molecule is CCCc1ccccc1-n1cc(C)nc1NC1CC1. The number of rotatable bonds is 5. The van der Waals surface area contributed by atoms with Gasteiger partial charge >= 0.3 is 0 Å². The molecule has 1 saturated carbocycles. The van der Waals surface area contributed by atoms with Crippen molar-refractivity contribution in [3.05, 3.63) is 41.7 Å². The van der Waals surface area contributed by atoms with E-state index in [2.05, 4.69) is 59.2 Å². The summed E-state index contributed by atoms with van der Waals surface area (Å²) in [5.74, 6) is 0.989. The minimum Gasteiger partial charge on any atom is -0.353 e. The molecule has 0 radical (unpaired) electrons. The molecular weight excluding hydrogens is 234 g/mol. The van der Waals surface area contributed by atoms with E-state index in [0.29, 0.717) is 6.04 Å². The summed E-state index contributed by atoms with van der Waals surface area (Å²) in [5.41, 5.74) is 3.71. The minimum absolute atomic E-state index is 0.624. The molecule has 19 heavy (non-hydrogen) atoms. The summed E-state index contributed by atoms with van der Waals surface area (Å²) in [4.78, 5) is 4.62. The van der Waals surface area contributed by atoms with Gasteiger partial charge in [-0.3, -0.25) is 4.57 Å². The standard InChI is InChI=1S/C16H21N3/c1-3-6-13-7-4-5-8-15(13)19-11-12(2)17-16(19)18-14-9-10-14/h4-5,7-8,11,14H,3,6,9-10H2,1-2H3,(H,17,18). The van der Waals surface area contributed by atoms with Crippen LogP contribution in [0.4, 0.5) is 5.95 Å². The van der Waals surface area contributed by atoms with Gasteiger partial charge in [-0.25, -0.2) is 4.98 Å². The van der Waals surface area contributed by atoms with Crippen LogP contribution >= 0.6 is 0 Å². The van der Waals surface area contributed by atoms with Crippen molar-refractivity contribution in [3.63, 3.8) is 0 Å². The Hall–Kier alpha value is -1.77. The second-order valence-electron chi connectivity index (χ2n) is 5.37. The van der Waals surface area contributed by atoms with Crippen molar-refractivity contribution in [2.24, 2.45) is 0 Å². The lowest BCUT2D eigenvalue weighted by Gasteiger charge is -2.13. The van der Waals surface area contributed by atoms with Crippen molar-refractivity contribution < 1.29 is 0 Å². The van der Waals surface area contributed by atoms with Crippen molar-refractivity contribution in [1.29, 1.82) is 0 Å². The summed E-state index contributed by atoms with van der Waals surface area (Å²) in [7, 11) is 0. The molecule has 1 aliphatic carbocycles. The third-order valence-electron chi connectivity index (χ3n) is 3.51. The highest BCUT2D eigenvalue weighted by molar-refractivity contribution is 5.49. The average molecular weight is 255 g/mol. The third-order valence-corrected chi connectivity index (χ3v) is 3.51. The van der Waals surface area contributed by atoms with Crippen LogP contribution in [0.15, 0.2) is 30.5 Å². The van der Waals surface area contributed by atoms with Gasteiger partial charge in [0.05, 0.1) is 11.4 Å². The Labute approximate surface area is 114 Å². The second-order valence-corrected chi connectivity index (χ2v) is 5.37. The van der Waals surface area contributed by atoms with Crippen molar-refractivity contribution in [2.45, 2.75) is 45.6 Å². The summed E-state index contributed by atoms with van der Waals surface area (Å²) in [5, 5.41) is 3.52. The first-order chi connectivity index (χ1) is 9.28. The molecule has 100 valence electrons. The van der Waals surface area contributed by atoms with Gasteiger partial charge in [-0.15, -0.1) is 0 Å². The molecule has 0 amide bonds. The molecule has 0 atom stereocenters. The third kappa shape index (κ3) is 2.65. The number of benzene rings is 1. The van der Waals surface area contributed by atoms with E-state index in [4.69, 9.17) is 0 Å². The normalized spacial score (nSPS) is 14.6. The fourth-order valence-corrected chi connectivity index (χ4v) is 2.42. The number of para-hydroxylation sites is 1. The van der Waals surface area contributed by atoms with Gasteiger partial charge in [-0.1, -0.05) is 31.5 Å². The molecule has 2 aromatic rings. The van der Waals surface area contributed by atoms with Crippen molar-refractivity contribution in [1.82, 2.24) is 9.55 Å². The molecule has 1 aromatic carbocycles. The van der Waals surface area contributed by atoms with E-state index < -0.39 is 0 Å². The molecule has 0 aliphatic heterocycles. The Morgan fingerprint density at radius 2 is 2.11 bits per heavy atom. The van der Waals surface area contributed by atoms with Crippen LogP contribution in [0.1, 0.15) is 37.4 Å². The molecule has 0 spiro atoms. The number of hydrogen-bond donors (Lipinski definition) is 1. The monoisotopic (exact) mass is 255 g/mol. The van der Waals surface area contributed by atoms with E-state index in [-0.39, 0.29) is 0 Å². The fraction of sp³-hybridized carbons (Fsp3) is 0.438. The molecule has 0 unspecified atom stereocenters. The zero-order chi connectivity index (χ0) is 13.2. The van der Waals surface area contributed by atoms with Gasteiger partial charge in [0.1, 0.15) is 0 Å². The first kappa shape index (κ1) is 12.3. The number of aromatic nitrogens is 2. The number of nitrogens with zero attached hydrogens (tertiary/aromatic N) is 2. The smallest absolute Gasteiger partial charge is 0.207 e. The first-order valence-electron chi connectivity index (χ1n) is 7.18. The van der Waals surface area contributed by atoms with Gasteiger partial charge in [-0.05, 0) is 37.8 Å². The van der Waals surface area contributed by atoms with Crippen molar-refractivity contribution >= 4 is 5.95 Å². The lowest BCUT2D eigenvalue weighted by molar-refractivity contribution is 0.896. The summed E-state index contributed by atoms with van der Waals surface area (Å²) < 4.78 is 2.21. The minimum atomic E-state index is 0.624. The van der Waals surface area contributed by atoms with Crippen LogP contribution in [0.2, 0.25) is 0 Å². The molecule has 1 aromatic heterocycles. The average Bonchev–Trinajstić information content (AvgIpc) is 3.13. The van der Waals surface area contributed by atoms with Crippen LogP contribution in [0.5, 0.6) is 0 Å². The molecule has 1 aliphatic rings. The fourth-order valence-electron chi connectivity index (χ4n) is 2.42. The van der Waals surface area contributed by atoms with E-state index >= 15 is 0 Å². The molecular formula is C16H21N3. The second kappa shape index (κ2) is 5.08. The Morgan fingerprint density at radius 3 is 2.84 bits per heavy atom. The Balaban J connectivity index is 2.00. The van der Waals surface area contributed by atoms with Crippen LogP contribution in [0, 0.1) is 6.92 Å². The van der Waals surface area contributed by atoms with Crippen LogP contribution in [0.3, 0.4) is 0 Å². The van der Waals surface area contributed by atoms with Gasteiger partial charge < -0.3 is 5.32 Å².